The maximum atomic E-state index is 10.9. The zero-order valence-electron chi connectivity index (χ0n) is 6.72. The average Bonchev–Trinajstić information content (AvgIpc) is 1.85. The highest BCUT2D eigenvalue weighted by molar-refractivity contribution is 7.99. The van der Waals surface area contributed by atoms with Crippen molar-refractivity contribution < 1.29 is 4.79 Å². The molecular weight excluding hydrogens is 160 g/mol. The molecule has 1 heterocycles. The van der Waals surface area contributed by atoms with E-state index in [4.69, 9.17) is 0 Å². The van der Waals surface area contributed by atoms with Gasteiger partial charge in [0, 0.05) is 25.6 Å². The van der Waals surface area contributed by atoms with Crippen LogP contribution in [0.2, 0.25) is 0 Å². The van der Waals surface area contributed by atoms with E-state index in [2.05, 4.69) is 10.6 Å². The van der Waals surface area contributed by atoms with Crippen molar-refractivity contribution in [1.29, 1.82) is 0 Å². The SMILES string of the molecule is CSCC(=O)NCC1CNC1. The van der Waals surface area contributed by atoms with Crippen molar-refractivity contribution >= 4 is 17.7 Å². The van der Waals surface area contributed by atoms with Gasteiger partial charge in [-0.25, -0.2) is 0 Å². The maximum absolute atomic E-state index is 10.9. The van der Waals surface area contributed by atoms with E-state index in [-0.39, 0.29) is 5.91 Å². The molecule has 11 heavy (non-hydrogen) atoms. The predicted octanol–water partition coefficient (Wildman–Crippen LogP) is -0.315. The normalized spacial score (nSPS) is 17.5. The average molecular weight is 174 g/mol. The first kappa shape index (κ1) is 8.87. The molecule has 1 aliphatic rings. The molecule has 1 aliphatic heterocycles. The van der Waals surface area contributed by atoms with Crippen molar-refractivity contribution in [3.63, 3.8) is 0 Å². The maximum Gasteiger partial charge on any atom is 0.229 e. The summed E-state index contributed by atoms with van der Waals surface area (Å²) in [6, 6.07) is 0. The van der Waals surface area contributed by atoms with Gasteiger partial charge in [0.2, 0.25) is 5.91 Å². The highest BCUT2D eigenvalue weighted by Gasteiger charge is 2.16. The van der Waals surface area contributed by atoms with Gasteiger partial charge < -0.3 is 10.6 Å². The molecule has 2 N–H and O–H groups in total. The lowest BCUT2D eigenvalue weighted by atomic mass is 10.0. The van der Waals surface area contributed by atoms with Crippen molar-refractivity contribution in [2.24, 2.45) is 5.92 Å². The van der Waals surface area contributed by atoms with Crippen LogP contribution in [0, 0.1) is 5.92 Å². The van der Waals surface area contributed by atoms with Gasteiger partial charge in [0.1, 0.15) is 0 Å². The molecule has 0 radical (unpaired) electrons. The van der Waals surface area contributed by atoms with Gasteiger partial charge in [0.25, 0.3) is 0 Å². The number of hydrogen-bond acceptors (Lipinski definition) is 3. The van der Waals surface area contributed by atoms with Gasteiger partial charge in [0.15, 0.2) is 0 Å². The lowest BCUT2D eigenvalue weighted by Gasteiger charge is -2.26. The van der Waals surface area contributed by atoms with Crippen LogP contribution >= 0.6 is 11.8 Å². The minimum atomic E-state index is 0.157. The summed E-state index contributed by atoms with van der Waals surface area (Å²) in [5, 5.41) is 6.05. The second-order valence-electron chi connectivity index (χ2n) is 2.76. The summed E-state index contributed by atoms with van der Waals surface area (Å²) in [7, 11) is 0. The molecule has 0 unspecified atom stereocenters. The van der Waals surface area contributed by atoms with E-state index in [9.17, 15) is 4.79 Å². The van der Waals surface area contributed by atoms with Gasteiger partial charge >= 0.3 is 0 Å². The highest BCUT2D eigenvalue weighted by Crippen LogP contribution is 1.99. The number of rotatable bonds is 4. The van der Waals surface area contributed by atoms with E-state index in [1.807, 2.05) is 6.26 Å². The molecule has 0 saturated carbocycles. The Labute approximate surface area is 71.3 Å². The molecule has 0 spiro atoms. The Morgan fingerprint density at radius 1 is 1.73 bits per heavy atom. The Balaban J connectivity index is 1.96. The first-order valence-electron chi connectivity index (χ1n) is 3.79. The summed E-state index contributed by atoms with van der Waals surface area (Å²) < 4.78 is 0. The van der Waals surface area contributed by atoms with E-state index in [0.29, 0.717) is 11.7 Å². The number of nitrogens with one attached hydrogen (secondary N) is 2. The van der Waals surface area contributed by atoms with Gasteiger partial charge in [0.05, 0.1) is 5.75 Å². The van der Waals surface area contributed by atoms with Gasteiger partial charge in [-0.15, -0.1) is 0 Å². The smallest absolute Gasteiger partial charge is 0.229 e. The third-order valence-electron chi connectivity index (χ3n) is 1.73. The number of amides is 1. The third-order valence-corrected chi connectivity index (χ3v) is 2.28. The molecule has 1 amide bonds. The van der Waals surface area contributed by atoms with Crippen LogP contribution in [0.25, 0.3) is 0 Å². The van der Waals surface area contributed by atoms with E-state index in [0.717, 1.165) is 19.6 Å². The fourth-order valence-electron chi connectivity index (χ4n) is 0.933. The third kappa shape index (κ3) is 3.12. The van der Waals surface area contributed by atoms with Crippen LogP contribution < -0.4 is 10.6 Å². The molecule has 64 valence electrons. The summed E-state index contributed by atoms with van der Waals surface area (Å²) >= 11 is 1.56. The van der Waals surface area contributed by atoms with Gasteiger partial charge in [-0.1, -0.05) is 0 Å². The van der Waals surface area contributed by atoms with Gasteiger partial charge in [-0.3, -0.25) is 4.79 Å². The lowest BCUT2D eigenvalue weighted by molar-refractivity contribution is -0.118. The first-order valence-corrected chi connectivity index (χ1v) is 5.18. The molecule has 3 nitrogen and oxygen atoms in total. The molecule has 1 saturated heterocycles. The molecule has 0 atom stereocenters. The Morgan fingerprint density at radius 3 is 2.91 bits per heavy atom. The van der Waals surface area contributed by atoms with Crippen molar-refractivity contribution in [2.45, 2.75) is 0 Å². The van der Waals surface area contributed by atoms with Crippen molar-refractivity contribution in [2.75, 3.05) is 31.6 Å². The minimum absolute atomic E-state index is 0.157. The lowest BCUT2D eigenvalue weighted by Crippen LogP contribution is -2.48. The number of thioether (sulfide) groups is 1. The second-order valence-corrected chi connectivity index (χ2v) is 3.63. The van der Waals surface area contributed by atoms with Gasteiger partial charge in [-0.2, -0.15) is 11.8 Å². The van der Waals surface area contributed by atoms with E-state index in [1.54, 1.807) is 11.8 Å². The zero-order chi connectivity index (χ0) is 8.10. The van der Waals surface area contributed by atoms with Gasteiger partial charge in [-0.05, 0) is 6.26 Å². The highest BCUT2D eigenvalue weighted by atomic mass is 32.2. The summed E-state index contributed by atoms with van der Waals surface area (Å²) in [6.07, 6.45) is 1.94. The summed E-state index contributed by atoms with van der Waals surface area (Å²) in [5.74, 6) is 1.41. The minimum Gasteiger partial charge on any atom is -0.355 e. The van der Waals surface area contributed by atoms with Crippen LogP contribution in [-0.4, -0.2) is 37.6 Å². The molecule has 1 fully saturated rings. The Kier molecular flexibility index (Phi) is 3.72. The van der Waals surface area contributed by atoms with Crippen LogP contribution in [0.4, 0.5) is 0 Å². The molecule has 0 aliphatic carbocycles. The molecule has 0 aromatic rings. The molecule has 0 aromatic heterocycles. The van der Waals surface area contributed by atoms with Crippen LogP contribution in [0.5, 0.6) is 0 Å². The summed E-state index contributed by atoms with van der Waals surface area (Å²) in [5.41, 5.74) is 0. The van der Waals surface area contributed by atoms with Crippen LogP contribution in [0.1, 0.15) is 0 Å². The Bertz CT molecular complexity index is 136. The Hall–Kier alpha value is -0.220. The molecule has 0 aromatic carbocycles. The predicted molar refractivity (Wildman–Crippen MR) is 47.8 cm³/mol. The fraction of sp³-hybridized carbons (Fsp3) is 0.857. The molecule has 0 bridgehead atoms. The number of hydrogen-bond donors (Lipinski definition) is 2. The molecular formula is C7H14N2OS. The monoisotopic (exact) mass is 174 g/mol. The zero-order valence-corrected chi connectivity index (χ0v) is 7.54. The Morgan fingerprint density at radius 2 is 2.45 bits per heavy atom. The number of carbonyl (C=O) groups excluding carboxylic acids is 1. The van der Waals surface area contributed by atoms with Crippen LogP contribution in [0.3, 0.4) is 0 Å². The first-order chi connectivity index (χ1) is 5.33. The standard InChI is InChI=1S/C7H14N2OS/c1-11-5-7(10)9-4-6-2-8-3-6/h6,8H,2-5H2,1H3,(H,9,10). The van der Waals surface area contributed by atoms with Crippen molar-refractivity contribution in [3.05, 3.63) is 0 Å². The van der Waals surface area contributed by atoms with Crippen LogP contribution in [-0.2, 0) is 4.79 Å². The van der Waals surface area contributed by atoms with Crippen molar-refractivity contribution in [3.8, 4) is 0 Å². The van der Waals surface area contributed by atoms with E-state index in [1.165, 1.54) is 0 Å². The quantitative estimate of drug-likeness (QED) is 0.614. The van der Waals surface area contributed by atoms with Crippen molar-refractivity contribution in [1.82, 2.24) is 10.6 Å². The van der Waals surface area contributed by atoms with Crippen LogP contribution in [0.15, 0.2) is 0 Å². The second kappa shape index (κ2) is 4.62. The largest absolute Gasteiger partial charge is 0.355 e. The van der Waals surface area contributed by atoms with E-state index >= 15 is 0 Å². The number of carbonyl (C=O) groups is 1. The molecule has 1 rings (SSSR count). The van der Waals surface area contributed by atoms with E-state index < -0.39 is 0 Å². The topological polar surface area (TPSA) is 41.1 Å². The summed E-state index contributed by atoms with van der Waals surface area (Å²) in [6.45, 7) is 2.95. The molecule has 4 heteroatoms. The summed E-state index contributed by atoms with van der Waals surface area (Å²) in [4.78, 5) is 10.9. The fourth-order valence-corrected chi connectivity index (χ4v) is 1.30.